The maximum absolute atomic E-state index is 12.8. The van der Waals surface area contributed by atoms with Gasteiger partial charge in [0.05, 0.1) is 28.0 Å². The summed E-state index contributed by atoms with van der Waals surface area (Å²) in [5.41, 5.74) is 2.83. The highest BCUT2D eigenvalue weighted by molar-refractivity contribution is 6.34. The molecule has 1 aromatic heterocycles. The first-order valence-corrected chi connectivity index (χ1v) is 9.84. The number of rotatable bonds is 3. The number of hydrogen-bond acceptors (Lipinski definition) is 4. The van der Waals surface area contributed by atoms with Gasteiger partial charge in [-0.25, -0.2) is 4.90 Å². The van der Waals surface area contributed by atoms with E-state index in [0.717, 1.165) is 10.3 Å². The van der Waals surface area contributed by atoms with Gasteiger partial charge in [0, 0.05) is 22.2 Å². The van der Waals surface area contributed by atoms with Crippen LogP contribution >= 0.6 is 11.6 Å². The number of carbonyl (C=O) groups is 3. The summed E-state index contributed by atoms with van der Waals surface area (Å²) >= 11 is 6.08. The number of benzene rings is 3. The Morgan fingerprint density at radius 1 is 0.871 bits per heavy atom. The molecule has 0 unspecified atom stereocenters. The minimum atomic E-state index is -0.377. The van der Waals surface area contributed by atoms with Crippen LogP contribution in [0.25, 0.3) is 10.9 Å². The van der Waals surface area contributed by atoms with Crippen molar-refractivity contribution in [1.82, 2.24) is 4.98 Å². The Labute approximate surface area is 182 Å². The average Bonchev–Trinajstić information content (AvgIpc) is 3.04. The Bertz CT molecular complexity index is 1350. The molecule has 0 fully saturated rings. The van der Waals surface area contributed by atoms with E-state index in [0.29, 0.717) is 38.6 Å². The first-order valence-electron chi connectivity index (χ1n) is 9.46. The van der Waals surface area contributed by atoms with Gasteiger partial charge in [-0.1, -0.05) is 23.7 Å². The molecule has 0 aliphatic carbocycles. The van der Waals surface area contributed by atoms with Gasteiger partial charge in [0.2, 0.25) is 0 Å². The zero-order chi connectivity index (χ0) is 21.5. The molecule has 3 aromatic carbocycles. The molecule has 0 saturated carbocycles. The molecule has 1 aliphatic rings. The van der Waals surface area contributed by atoms with E-state index in [1.165, 1.54) is 0 Å². The third-order valence-electron chi connectivity index (χ3n) is 5.13. The number of aromatic nitrogens is 1. The van der Waals surface area contributed by atoms with Crippen molar-refractivity contribution in [3.63, 3.8) is 0 Å². The molecule has 0 spiro atoms. The quantitative estimate of drug-likeness (QED) is 0.469. The molecule has 6 nitrogen and oxygen atoms in total. The number of fused-ring (bicyclic) bond motifs is 2. The number of halogens is 1. The zero-order valence-electron chi connectivity index (χ0n) is 16.0. The predicted octanol–water partition coefficient (Wildman–Crippen LogP) is 4.94. The van der Waals surface area contributed by atoms with Gasteiger partial charge in [-0.2, -0.15) is 0 Å². The van der Waals surface area contributed by atoms with E-state index < -0.39 is 0 Å². The molecule has 31 heavy (non-hydrogen) atoms. The van der Waals surface area contributed by atoms with Crippen molar-refractivity contribution in [2.75, 3.05) is 10.2 Å². The third-order valence-corrected chi connectivity index (χ3v) is 5.37. The van der Waals surface area contributed by atoms with Crippen molar-refractivity contribution < 1.29 is 14.4 Å². The maximum atomic E-state index is 12.8. The molecule has 1 aliphatic heterocycles. The van der Waals surface area contributed by atoms with Gasteiger partial charge >= 0.3 is 0 Å². The molecule has 0 radical (unpaired) electrons. The number of anilines is 2. The van der Waals surface area contributed by atoms with Gasteiger partial charge in [-0.15, -0.1) is 0 Å². The van der Waals surface area contributed by atoms with E-state index in [2.05, 4.69) is 10.3 Å². The number of carbonyl (C=O) groups excluding carboxylic acids is 3. The van der Waals surface area contributed by atoms with E-state index in [4.69, 9.17) is 11.6 Å². The summed E-state index contributed by atoms with van der Waals surface area (Å²) in [6, 6.07) is 20.0. The van der Waals surface area contributed by atoms with Gasteiger partial charge in [0.25, 0.3) is 17.7 Å². The fourth-order valence-electron chi connectivity index (χ4n) is 3.61. The molecule has 5 rings (SSSR count). The molecular formula is C24H14ClN3O3. The lowest BCUT2D eigenvalue weighted by molar-refractivity contribution is 0.0925. The van der Waals surface area contributed by atoms with Crippen molar-refractivity contribution in [3.05, 3.63) is 101 Å². The van der Waals surface area contributed by atoms with Crippen LogP contribution in [0.4, 0.5) is 11.4 Å². The highest BCUT2D eigenvalue weighted by atomic mass is 35.5. The van der Waals surface area contributed by atoms with E-state index in [-0.39, 0.29) is 17.7 Å². The predicted molar refractivity (Wildman–Crippen MR) is 119 cm³/mol. The summed E-state index contributed by atoms with van der Waals surface area (Å²) in [7, 11) is 0. The SMILES string of the molecule is O=C(Nc1ccnc2ccc(Cl)cc12)c1ccc(N2C(=O)c3ccccc3C2=O)cc1. The molecule has 0 saturated heterocycles. The number of imide groups is 1. The summed E-state index contributed by atoms with van der Waals surface area (Å²) < 4.78 is 0. The number of pyridine rings is 1. The second kappa shape index (κ2) is 7.34. The van der Waals surface area contributed by atoms with Crippen molar-refractivity contribution in [2.24, 2.45) is 0 Å². The smallest absolute Gasteiger partial charge is 0.266 e. The summed E-state index contributed by atoms with van der Waals surface area (Å²) in [5.74, 6) is -1.09. The Kier molecular flexibility index (Phi) is 4.49. The minimum Gasteiger partial charge on any atom is -0.321 e. The Morgan fingerprint density at radius 2 is 1.55 bits per heavy atom. The molecule has 0 atom stereocenters. The molecule has 7 heteroatoms. The van der Waals surface area contributed by atoms with Crippen LogP contribution in [0.5, 0.6) is 0 Å². The number of nitrogens with one attached hydrogen (secondary N) is 1. The fourth-order valence-corrected chi connectivity index (χ4v) is 3.78. The summed E-state index contributed by atoms with van der Waals surface area (Å²) in [6.07, 6.45) is 1.61. The normalized spacial score (nSPS) is 12.9. The number of nitrogens with zero attached hydrogens (tertiary/aromatic N) is 2. The highest BCUT2D eigenvalue weighted by Gasteiger charge is 2.36. The van der Waals surface area contributed by atoms with Gasteiger partial charge in [-0.3, -0.25) is 19.4 Å². The van der Waals surface area contributed by atoms with Crippen LogP contribution in [0.2, 0.25) is 5.02 Å². The van der Waals surface area contributed by atoms with Crippen molar-refractivity contribution in [2.45, 2.75) is 0 Å². The highest BCUT2D eigenvalue weighted by Crippen LogP contribution is 2.29. The van der Waals surface area contributed by atoms with E-state index in [9.17, 15) is 14.4 Å². The lowest BCUT2D eigenvalue weighted by atomic mass is 10.1. The van der Waals surface area contributed by atoms with Crippen molar-refractivity contribution in [3.8, 4) is 0 Å². The molecule has 1 N–H and O–H groups in total. The van der Waals surface area contributed by atoms with Gasteiger partial charge in [0.15, 0.2) is 0 Å². The molecule has 3 amide bonds. The summed E-state index contributed by atoms with van der Waals surface area (Å²) in [6.45, 7) is 0. The first-order chi connectivity index (χ1) is 15.0. The van der Waals surface area contributed by atoms with Crippen LogP contribution in [-0.2, 0) is 0 Å². The second-order valence-electron chi connectivity index (χ2n) is 7.01. The Balaban J connectivity index is 1.40. The second-order valence-corrected chi connectivity index (χ2v) is 7.45. The van der Waals surface area contributed by atoms with Crippen LogP contribution < -0.4 is 10.2 Å². The van der Waals surface area contributed by atoms with Crippen LogP contribution in [0.1, 0.15) is 31.1 Å². The molecular weight excluding hydrogens is 414 g/mol. The van der Waals surface area contributed by atoms with E-state index >= 15 is 0 Å². The average molecular weight is 428 g/mol. The first kappa shape index (κ1) is 19.0. The van der Waals surface area contributed by atoms with E-state index in [1.54, 1.807) is 79.0 Å². The van der Waals surface area contributed by atoms with Crippen LogP contribution in [0.15, 0.2) is 79.0 Å². The van der Waals surface area contributed by atoms with Gasteiger partial charge < -0.3 is 5.32 Å². The van der Waals surface area contributed by atoms with Gasteiger partial charge in [0.1, 0.15) is 0 Å². The largest absolute Gasteiger partial charge is 0.321 e. The molecule has 2 heterocycles. The lowest BCUT2D eigenvalue weighted by Crippen LogP contribution is -2.29. The van der Waals surface area contributed by atoms with Crippen molar-refractivity contribution >= 4 is 51.6 Å². The summed E-state index contributed by atoms with van der Waals surface area (Å²) in [4.78, 5) is 43.4. The minimum absolute atomic E-state index is 0.332. The Hall–Kier alpha value is -4.03. The molecule has 4 aromatic rings. The number of hydrogen-bond donors (Lipinski definition) is 1. The van der Waals surface area contributed by atoms with Crippen LogP contribution in [0, 0.1) is 0 Å². The number of amides is 3. The van der Waals surface area contributed by atoms with E-state index in [1.807, 2.05) is 0 Å². The zero-order valence-corrected chi connectivity index (χ0v) is 16.8. The third kappa shape index (κ3) is 3.23. The van der Waals surface area contributed by atoms with Gasteiger partial charge in [-0.05, 0) is 60.7 Å². The van der Waals surface area contributed by atoms with Crippen LogP contribution in [0.3, 0.4) is 0 Å². The topological polar surface area (TPSA) is 79.4 Å². The molecule has 150 valence electrons. The maximum Gasteiger partial charge on any atom is 0.266 e. The monoisotopic (exact) mass is 427 g/mol. The van der Waals surface area contributed by atoms with Crippen molar-refractivity contribution in [1.29, 1.82) is 0 Å². The Morgan fingerprint density at radius 3 is 2.23 bits per heavy atom. The standard InChI is InChI=1S/C24H14ClN3O3/c25-15-7-10-20-19(13-15)21(11-12-26-20)27-22(29)14-5-8-16(9-6-14)28-23(30)17-3-1-2-4-18(17)24(28)31/h1-13H,(H,26,27,29). The lowest BCUT2D eigenvalue weighted by Gasteiger charge is -2.14. The van der Waals surface area contributed by atoms with Crippen LogP contribution in [-0.4, -0.2) is 22.7 Å². The summed E-state index contributed by atoms with van der Waals surface area (Å²) in [5, 5.41) is 4.13. The molecule has 0 bridgehead atoms. The fraction of sp³-hybridized carbons (Fsp3) is 0.